The first kappa shape index (κ1) is 11.8. The molecule has 92 valence electrons. The lowest BCUT2D eigenvalue weighted by Crippen LogP contribution is -2.22. The maximum absolute atomic E-state index is 12.5. The molecular weight excluding hydrogens is 229 g/mol. The Balaban J connectivity index is 2.09. The van der Waals surface area contributed by atoms with Crippen LogP contribution in [0, 0.1) is 0 Å². The number of rotatable bonds is 2. The van der Waals surface area contributed by atoms with Crippen LogP contribution in [0.25, 0.3) is 0 Å². The molecule has 0 amide bonds. The highest BCUT2D eigenvalue weighted by atomic mass is 19.4. The average molecular weight is 242 g/mol. The summed E-state index contributed by atoms with van der Waals surface area (Å²) in [5.41, 5.74) is 0.0753. The summed E-state index contributed by atoms with van der Waals surface area (Å²) >= 11 is 0. The molecule has 1 aliphatic heterocycles. The minimum absolute atomic E-state index is 0.491. The largest absolute Gasteiger partial charge is 0.416 e. The summed E-state index contributed by atoms with van der Waals surface area (Å²) in [6.07, 6.45) is -0.498. The van der Waals surface area contributed by atoms with Crippen LogP contribution in [0.2, 0.25) is 0 Å². The molecule has 2 rings (SSSR count). The molecule has 5 heteroatoms. The summed E-state index contributed by atoms with van der Waals surface area (Å²) in [5.74, 6) is 0. The molecule has 0 saturated heterocycles. The van der Waals surface area contributed by atoms with E-state index in [-0.39, 0.29) is 0 Å². The molecule has 0 bridgehead atoms. The van der Waals surface area contributed by atoms with Crippen LogP contribution < -0.4 is 0 Å². The van der Waals surface area contributed by atoms with Gasteiger partial charge in [0.15, 0.2) is 0 Å². The van der Waals surface area contributed by atoms with Crippen LogP contribution in [0.15, 0.2) is 36.7 Å². The highest BCUT2D eigenvalue weighted by Crippen LogP contribution is 2.29. The van der Waals surface area contributed by atoms with Crippen molar-refractivity contribution in [3.05, 3.63) is 47.8 Å². The molecule has 1 heterocycles. The van der Waals surface area contributed by atoms with E-state index in [9.17, 15) is 13.2 Å². The molecule has 0 aliphatic carbocycles. The van der Waals surface area contributed by atoms with Crippen LogP contribution in [0.1, 0.15) is 11.1 Å². The molecular formula is C12H13F3N2. The van der Waals surface area contributed by atoms with E-state index in [1.54, 1.807) is 6.07 Å². The zero-order chi connectivity index (χ0) is 12.5. The Kier molecular flexibility index (Phi) is 3.00. The van der Waals surface area contributed by atoms with Gasteiger partial charge in [0.25, 0.3) is 0 Å². The number of benzene rings is 1. The maximum atomic E-state index is 12.5. The van der Waals surface area contributed by atoms with Gasteiger partial charge in [-0.3, -0.25) is 0 Å². The Morgan fingerprint density at radius 3 is 2.59 bits per heavy atom. The van der Waals surface area contributed by atoms with E-state index < -0.39 is 11.7 Å². The first-order chi connectivity index (χ1) is 7.95. The van der Waals surface area contributed by atoms with Crippen molar-refractivity contribution in [1.29, 1.82) is 0 Å². The molecule has 0 saturated carbocycles. The normalized spacial score (nSPS) is 15.8. The SMILES string of the molecule is CN1C=CN(Cc2cccc(C(F)(F)F)c2)C1. The summed E-state index contributed by atoms with van der Waals surface area (Å²) in [5, 5.41) is 0. The van der Waals surface area contributed by atoms with Gasteiger partial charge in [0.1, 0.15) is 0 Å². The van der Waals surface area contributed by atoms with Crippen LogP contribution in [0.5, 0.6) is 0 Å². The van der Waals surface area contributed by atoms with Gasteiger partial charge in [0.2, 0.25) is 0 Å². The molecule has 0 radical (unpaired) electrons. The van der Waals surface area contributed by atoms with Crippen molar-refractivity contribution < 1.29 is 13.2 Å². The van der Waals surface area contributed by atoms with Crippen molar-refractivity contribution in [2.75, 3.05) is 13.7 Å². The first-order valence-electron chi connectivity index (χ1n) is 5.24. The minimum Gasteiger partial charge on any atom is -0.362 e. The van der Waals surface area contributed by atoms with Gasteiger partial charge >= 0.3 is 6.18 Å². The molecule has 0 atom stereocenters. The summed E-state index contributed by atoms with van der Waals surface area (Å²) < 4.78 is 37.5. The molecule has 0 fully saturated rings. The molecule has 17 heavy (non-hydrogen) atoms. The first-order valence-corrected chi connectivity index (χ1v) is 5.24. The van der Waals surface area contributed by atoms with E-state index in [4.69, 9.17) is 0 Å². The summed E-state index contributed by atoms with van der Waals surface area (Å²) in [6.45, 7) is 1.20. The monoisotopic (exact) mass is 242 g/mol. The van der Waals surface area contributed by atoms with E-state index in [2.05, 4.69) is 0 Å². The van der Waals surface area contributed by atoms with E-state index in [0.717, 1.165) is 6.07 Å². The maximum Gasteiger partial charge on any atom is 0.416 e. The molecule has 0 N–H and O–H groups in total. The number of halogens is 3. The lowest BCUT2D eigenvalue weighted by Gasteiger charge is -2.18. The van der Waals surface area contributed by atoms with Gasteiger partial charge in [-0.15, -0.1) is 0 Å². The fourth-order valence-electron chi connectivity index (χ4n) is 1.77. The fourth-order valence-corrected chi connectivity index (χ4v) is 1.77. The van der Waals surface area contributed by atoms with Gasteiger partial charge in [-0.1, -0.05) is 12.1 Å². The Morgan fingerprint density at radius 2 is 2.00 bits per heavy atom. The van der Waals surface area contributed by atoms with Crippen LogP contribution in [0.3, 0.4) is 0 Å². The number of hydrogen-bond acceptors (Lipinski definition) is 2. The highest BCUT2D eigenvalue weighted by molar-refractivity contribution is 5.25. The standard InChI is InChI=1S/C12H13F3N2/c1-16-5-6-17(9-16)8-10-3-2-4-11(7-10)12(13,14)15/h2-7H,8-9H2,1H3. The third-order valence-corrected chi connectivity index (χ3v) is 2.58. The topological polar surface area (TPSA) is 6.48 Å². The third kappa shape index (κ3) is 2.93. The summed E-state index contributed by atoms with van der Waals surface area (Å²) in [4.78, 5) is 3.92. The molecule has 2 nitrogen and oxygen atoms in total. The zero-order valence-corrected chi connectivity index (χ0v) is 9.41. The zero-order valence-electron chi connectivity index (χ0n) is 9.41. The number of hydrogen-bond donors (Lipinski definition) is 0. The molecule has 0 spiro atoms. The van der Waals surface area contributed by atoms with E-state index >= 15 is 0 Å². The second-order valence-corrected chi connectivity index (χ2v) is 4.14. The highest BCUT2D eigenvalue weighted by Gasteiger charge is 2.30. The van der Waals surface area contributed by atoms with Crippen molar-refractivity contribution >= 4 is 0 Å². The Hall–Kier alpha value is -1.65. The van der Waals surface area contributed by atoms with Gasteiger partial charge in [-0.25, -0.2) is 0 Å². The quantitative estimate of drug-likeness (QED) is 0.786. The Bertz CT molecular complexity index is 426. The average Bonchev–Trinajstić information content (AvgIpc) is 2.63. The van der Waals surface area contributed by atoms with E-state index in [0.29, 0.717) is 18.8 Å². The van der Waals surface area contributed by atoms with Gasteiger partial charge in [0.05, 0.1) is 12.2 Å². The number of nitrogens with zero attached hydrogens (tertiary/aromatic N) is 2. The Morgan fingerprint density at radius 1 is 1.24 bits per heavy atom. The van der Waals surface area contributed by atoms with E-state index in [1.807, 2.05) is 29.2 Å². The van der Waals surface area contributed by atoms with Gasteiger partial charge < -0.3 is 9.80 Å². The smallest absolute Gasteiger partial charge is 0.362 e. The van der Waals surface area contributed by atoms with Crippen molar-refractivity contribution in [1.82, 2.24) is 9.80 Å². The van der Waals surface area contributed by atoms with Crippen molar-refractivity contribution in [2.24, 2.45) is 0 Å². The van der Waals surface area contributed by atoms with E-state index in [1.165, 1.54) is 12.1 Å². The lowest BCUT2D eigenvalue weighted by atomic mass is 10.1. The third-order valence-electron chi connectivity index (χ3n) is 2.58. The minimum atomic E-state index is -4.27. The van der Waals surface area contributed by atoms with Crippen molar-refractivity contribution in [2.45, 2.75) is 12.7 Å². The predicted molar refractivity (Wildman–Crippen MR) is 58.8 cm³/mol. The van der Waals surface area contributed by atoms with Gasteiger partial charge in [0, 0.05) is 26.0 Å². The van der Waals surface area contributed by atoms with Crippen molar-refractivity contribution in [3.8, 4) is 0 Å². The van der Waals surface area contributed by atoms with Crippen molar-refractivity contribution in [3.63, 3.8) is 0 Å². The molecule has 0 unspecified atom stereocenters. The van der Waals surface area contributed by atoms with Gasteiger partial charge in [-0.2, -0.15) is 13.2 Å². The van der Waals surface area contributed by atoms with Crippen LogP contribution >= 0.6 is 0 Å². The van der Waals surface area contributed by atoms with Gasteiger partial charge in [-0.05, 0) is 17.7 Å². The molecule has 1 aromatic rings. The molecule has 0 aromatic heterocycles. The number of alkyl halides is 3. The second kappa shape index (κ2) is 4.31. The molecule has 1 aliphatic rings. The van der Waals surface area contributed by atoms with Crippen LogP contribution in [0.4, 0.5) is 13.2 Å². The summed E-state index contributed by atoms with van der Waals surface area (Å²) in [6, 6.07) is 5.45. The second-order valence-electron chi connectivity index (χ2n) is 4.14. The fraction of sp³-hybridized carbons (Fsp3) is 0.333. The van der Waals surface area contributed by atoms with Crippen LogP contribution in [-0.2, 0) is 12.7 Å². The lowest BCUT2D eigenvalue weighted by molar-refractivity contribution is -0.137. The Labute approximate surface area is 97.9 Å². The molecule has 1 aromatic carbocycles. The van der Waals surface area contributed by atoms with Crippen LogP contribution in [-0.4, -0.2) is 23.5 Å². The summed E-state index contributed by atoms with van der Waals surface area (Å²) in [7, 11) is 1.92. The predicted octanol–water partition coefficient (Wildman–Crippen LogP) is 2.88.